The van der Waals surface area contributed by atoms with E-state index in [1.165, 1.54) is 0 Å². The topological polar surface area (TPSA) is 51.7 Å². The highest BCUT2D eigenvalue weighted by Crippen LogP contribution is 2.41. The van der Waals surface area contributed by atoms with E-state index in [0.29, 0.717) is 38.6 Å². The first-order chi connectivity index (χ1) is 10.7. The molecule has 1 amide bonds. The van der Waals surface area contributed by atoms with Gasteiger partial charge in [-0.3, -0.25) is 9.78 Å². The van der Waals surface area contributed by atoms with Gasteiger partial charge in [0.05, 0.1) is 31.8 Å². The fourth-order valence-corrected chi connectivity index (χ4v) is 3.74. The van der Waals surface area contributed by atoms with Crippen molar-refractivity contribution in [3.63, 3.8) is 0 Å². The molecule has 5 heteroatoms. The monoisotopic (exact) mass is 304 g/mol. The van der Waals surface area contributed by atoms with Gasteiger partial charge in [-0.25, -0.2) is 0 Å². The number of aromatic nitrogens is 1. The molecule has 0 unspecified atom stereocenters. The van der Waals surface area contributed by atoms with E-state index < -0.39 is 0 Å². The van der Waals surface area contributed by atoms with Crippen molar-refractivity contribution >= 4 is 5.91 Å². The Hall–Kier alpha value is -1.46. The summed E-state index contributed by atoms with van der Waals surface area (Å²) in [5.41, 5.74) is 0.626. The molecule has 2 aliphatic rings. The fourth-order valence-electron chi connectivity index (χ4n) is 3.74. The van der Waals surface area contributed by atoms with Gasteiger partial charge < -0.3 is 14.4 Å². The van der Waals surface area contributed by atoms with E-state index >= 15 is 0 Å². The molecule has 1 saturated heterocycles. The standard InChI is InChI=1S/C17H24N2O3/c1-21-12-14-5-4-7-17(14)13-19(9-10-22-17)16(20)11-15-6-2-3-8-18-15/h2-3,6,8,14H,4-5,7,9-13H2,1H3/t14-,17+/m1/s1. The Bertz CT molecular complexity index is 508. The predicted octanol–water partition coefficient (Wildman–Crippen LogP) is 1.67. The van der Waals surface area contributed by atoms with E-state index in [0.717, 1.165) is 25.0 Å². The number of methoxy groups -OCH3 is 1. The van der Waals surface area contributed by atoms with Crippen LogP contribution in [0.4, 0.5) is 0 Å². The van der Waals surface area contributed by atoms with Gasteiger partial charge in [0, 0.05) is 31.5 Å². The molecule has 22 heavy (non-hydrogen) atoms. The zero-order chi connectivity index (χ0) is 15.4. The zero-order valence-electron chi connectivity index (χ0n) is 13.2. The lowest BCUT2D eigenvalue weighted by atomic mass is 9.89. The van der Waals surface area contributed by atoms with Crippen LogP contribution in [0.1, 0.15) is 25.0 Å². The van der Waals surface area contributed by atoms with Gasteiger partial charge in [0.25, 0.3) is 0 Å². The summed E-state index contributed by atoms with van der Waals surface area (Å²) in [7, 11) is 1.73. The van der Waals surface area contributed by atoms with Crippen molar-refractivity contribution in [1.82, 2.24) is 9.88 Å². The van der Waals surface area contributed by atoms with Crippen molar-refractivity contribution in [2.24, 2.45) is 5.92 Å². The number of carbonyl (C=O) groups excluding carboxylic acids is 1. The molecule has 1 aliphatic heterocycles. The Balaban J connectivity index is 1.66. The first-order valence-electron chi connectivity index (χ1n) is 8.04. The van der Waals surface area contributed by atoms with Crippen molar-refractivity contribution < 1.29 is 14.3 Å². The predicted molar refractivity (Wildman–Crippen MR) is 82.4 cm³/mol. The molecule has 2 fully saturated rings. The molecule has 2 atom stereocenters. The van der Waals surface area contributed by atoms with Crippen molar-refractivity contribution in [3.05, 3.63) is 30.1 Å². The Morgan fingerprint density at radius 1 is 1.55 bits per heavy atom. The quantitative estimate of drug-likeness (QED) is 0.849. The maximum Gasteiger partial charge on any atom is 0.228 e. The summed E-state index contributed by atoms with van der Waals surface area (Å²) in [6.45, 7) is 2.69. The summed E-state index contributed by atoms with van der Waals surface area (Å²) in [6.07, 6.45) is 5.39. The van der Waals surface area contributed by atoms with Crippen LogP contribution in [0.2, 0.25) is 0 Å². The second-order valence-corrected chi connectivity index (χ2v) is 6.27. The molecule has 5 nitrogen and oxygen atoms in total. The van der Waals surface area contributed by atoms with Gasteiger partial charge in [-0.2, -0.15) is 0 Å². The minimum absolute atomic E-state index is 0.143. The molecular formula is C17H24N2O3. The van der Waals surface area contributed by atoms with Crippen LogP contribution in [0.15, 0.2) is 24.4 Å². The van der Waals surface area contributed by atoms with E-state index in [-0.39, 0.29) is 11.5 Å². The van der Waals surface area contributed by atoms with Crippen LogP contribution in [0, 0.1) is 5.92 Å². The second kappa shape index (κ2) is 6.75. The number of morpholine rings is 1. The van der Waals surface area contributed by atoms with Crippen LogP contribution in [0.3, 0.4) is 0 Å². The van der Waals surface area contributed by atoms with Crippen LogP contribution in [-0.2, 0) is 20.7 Å². The summed E-state index contributed by atoms with van der Waals surface area (Å²) >= 11 is 0. The van der Waals surface area contributed by atoms with Crippen molar-refractivity contribution in [3.8, 4) is 0 Å². The van der Waals surface area contributed by atoms with E-state index in [1.807, 2.05) is 23.1 Å². The third-order valence-electron chi connectivity index (χ3n) is 4.88. The summed E-state index contributed by atoms with van der Waals surface area (Å²) in [5, 5.41) is 0. The van der Waals surface area contributed by atoms with Gasteiger partial charge in [-0.1, -0.05) is 12.5 Å². The molecule has 0 aromatic carbocycles. The molecule has 1 spiro atoms. The Morgan fingerprint density at radius 2 is 2.45 bits per heavy atom. The normalized spacial score (nSPS) is 28.2. The summed E-state index contributed by atoms with van der Waals surface area (Å²) < 4.78 is 11.5. The lowest BCUT2D eigenvalue weighted by molar-refractivity contribution is -0.160. The van der Waals surface area contributed by atoms with E-state index in [4.69, 9.17) is 9.47 Å². The molecule has 0 N–H and O–H groups in total. The van der Waals surface area contributed by atoms with E-state index in [9.17, 15) is 4.79 Å². The Labute approximate surface area is 131 Å². The maximum absolute atomic E-state index is 12.6. The number of nitrogens with zero attached hydrogens (tertiary/aromatic N) is 2. The third-order valence-corrected chi connectivity index (χ3v) is 4.88. The molecule has 1 aromatic rings. The van der Waals surface area contributed by atoms with Crippen molar-refractivity contribution in [2.75, 3.05) is 33.4 Å². The zero-order valence-corrected chi connectivity index (χ0v) is 13.2. The minimum atomic E-state index is -0.200. The number of amides is 1. The number of hydrogen-bond acceptors (Lipinski definition) is 4. The average molecular weight is 304 g/mol. The summed E-state index contributed by atoms with van der Waals surface area (Å²) in [6, 6.07) is 5.69. The van der Waals surface area contributed by atoms with Crippen LogP contribution < -0.4 is 0 Å². The van der Waals surface area contributed by atoms with Gasteiger partial charge in [-0.15, -0.1) is 0 Å². The summed E-state index contributed by atoms with van der Waals surface area (Å²) in [4.78, 5) is 18.8. The van der Waals surface area contributed by atoms with Crippen LogP contribution in [0.25, 0.3) is 0 Å². The SMILES string of the molecule is COC[C@H]1CCC[C@]12CN(C(=O)Cc1ccccn1)CCO2. The Kier molecular flexibility index (Phi) is 4.74. The number of pyridine rings is 1. The van der Waals surface area contributed by atoms with Gasteiger partial charge >= 0.3 is 0 Å². The lowest BCUT2D eigenvalue weighted by Crippen LogP contribution is -2.56. The second-order valence-electron chi connectivity index (χ2n) is 6.27. The highest BCUT2D eigenvalue weighted by molar-refractivity contribution is 5.78. The number of carbonyl (C=O) groups is 1. The molecule has 1 aliphatic carbocycles. The first-order valence-corrected chi connectivity index (χ1v) is 8.04. The number of hydrogen-bond donors (Lipinski definition) is 0. The smallest absolute Gasteiger partial charge is 0.228 e. The van der Waals surface area contributed by atoms with Gasteiger partial charge in [0.15, 0.2) is 0 Å². The first kappa shape index (κ1) is 15.4. The molecular weight excluding hydrogens is 280 g/mol. The summed E-state index contributed by atoms with van der Waals surface area (Å²) in [5.74, 6) is 0.535. The molecule has 120 valence electrons. The van der Waals surface area contributed by atoms with E-state index in [1.54, 1.807) is 13.3 Å². The third kappa shape index (κ3) is 3.15. The van der Waals surface area contributed by atoms with Crippen LogP contribution >= 0.6 is 0 Å². The average Bonchev–Trinajstić information content (AvgIpc) is 2.91. The van der Waals surface area contributed by atoms with E-state index in [2.05, 4.69) is 4.98 Å². The number of ether oxygens (including phenoxy) is 2. The van der Waals surface area contributed by atoms with Gasteiger partial charge in [0.1, 0.15) is 0 Å². The largest absolute Gasteiger partial charge is 0.384 e. The van der Waals surface area contributed by atoms with Crippen LogP contribution in [-0.4, -0.2) is 54.8 Å². The number of rotatable bonds is 4. The highest BCUT2D eigenvalue weighted by atomic mass is 16.5. The van der Waals surface area contributed by atoms with Crippen molar-refractivity contribution in [2.45, 2.75) is 31.3 Å². The molecule has 2 heterocycles. The van der Waals surface area contributed by atoms with Crippen molar-refractivity contribution in [1.29, 1.82) is 0 Å². The molecule has 1 aromatic heterocycles. The van der Waals surface area contributed by atoms with Gasteiger partial charge in [-0.05, 0) is 25.0 Å². The molecule has 3 rings (SSSR count). The fraction of sp³-hybridized carbons (Fsp3) is 0.647. The Morgan fingerprint density at radius 3 is 3.23 bits per heavy atom. The lowest BCUT2D eigenvalue weighted by Gasteiger charge is -2.44. The highest BCUT2D eigenvalue weighted by Gasteiger charge is 2.47. The molecule has 0 radical (unpaired) electrons. The molecule has 0 bridgehead atoms. The molecule has 1 saturated carbocycles. The van der Waals surface area contributed by atoms with Crippen LogP contribution in [0.5, 0.6) is 0 Å². The van der Waals surface area contributed by atoms with Gasteiger partial charge in [0.2, 0.25) is 5.91 Å². The maximum atomic E-state index is 12.6. The minimum Gasteiger partial charge on any atom is -0.384 e.